The molecule has 5 nitrogen and oxygen atoms in total. The number of aryl methyl sites for hydroxylation is 1. The predicted octanol–water partition coefficient (Wildman–Crippen LogP) is 3.53. The van der Waals surface area contributed by atoms with E-state index in [9.17, 15) is 14.0 Å². The number of fused-ring (bicyclic) bond motifs is 1. The highest BCUT2D eigenvalue weighted by molar-refractivity contribution is 5.99. The van der Waals surface area contributed by atoms with E-state index < -0.39 is 6.04 Å². The summed E-state index contributed by atoms with van der Waals surface area (Å²) in [6, 6.07) is 13.3. The molecule has 2 aromatic carbocycles. The van der Waals surface area contributed by atoms with Crippen molar-refractivity contribution in [1.82, 2.24) is 5.32 Å². The minimum Gasteiger partial charge on any atom is -0.362 e. The highest BCUT2D eigenvalue weighted by atomic mass is 19.1. The first-order chi connectivity index (χ1) is 14.0. The monoisotopic (exact) mass is 397 g/mol. The van der Waals surface area contributed by atoms with Gasteiger partial charge in [0, 0.05) is 24.5 Å². The molecule has 1 atom stereocenters. The number of carbonyl (C=O) groups is 2. The molecule has 6 heteroatoms. The second-order valence-electron chi connectivity index (χ2n) is 7.36. The maximum atomic E-state index is 13.2. The van der Waals surface area contributed by atoms with Crippen LogP contribution < -0.4 is 15.1 Å². The molecule has 0 radical (unpaired) electrons. The van der Waals surface area contributed by atoms with Gasteiger partial charge in [0.25, 0.3) is 0 Å². The number of anilines is 2. The van der Waals surface area contributed by atoms with Crippen molar-refractivity contribution in [3.8, 4) is 0 Å². The van der Waals surface area contributed by atoms with Crippen molar-refractivity contribution < 1.29 is 14.0 Å². The van der Waals surface area contributed by atoms with Gasteiger partial charge in [-0.15, -0.1) is 0 Å². The minimum absolute atomic E-state index is 0.183. The molecule has 0 aliphatic carbocycles. The summed E-state index contributed by atoms with van der Waals surface area (Å²) in [6.07, 6.45) is 3.16. The van der Waals surface area contributed by atoms with Crippen molar-refractivity contribution in [2.45, 2.75) is 39.2 Å². The summed E-state index contributed by atoms with van der Waals surface area (Å²) < 4.78 is 13.2. The third-order valence-corrected chi connectivity index (χ3v) is 5.26. The zero-order valence-corrected chi connectivity index (χ0v) is 17.0. The van der Waals surface area contributed by atoms with Gasteiger partial charge < -0.3 is 15.1 Å². The normalized spacial score (nSPS) is 14.5. The second-order valence-corrected chi connectivity index (χ2v) is 7.36. The van der Waals surface area contributed by atoms with E-state index >= 15 is 0 Å². The van der Waals surface area contributed by atoms with Crippen LogP contribution >= 0.6 is 0 Å². The first-order valence-electron chi connectivity index (χ1n) is 10.2. The topological polar surface area (TPSA) is 52.7 Å². The number of benzene rings is 2. The van der Waals surface area contributed by atoms with E-state index in [2.05, 4.69) is 22.3 Å². The number of nitrogens with one attached hydrogen (secondary N) is 1. The molecule has 0 unspecified atom stereocenters. The molecule has 1 heterocycles. The third-order valence-electron chi connectivity index (χ3n) is 5.26. The molecule has 1 N–H and O–H groups in total. The van der Waals surface area contributed by atoms with Gasteiger partial charge in [0.15, 0.2) is 0 Å². The Morgan fingerprint density at radius 1 is 1.14 bits per heavy atom. The maximum Gasteiger partial charge on any atom is 0.249 e. The van der Waals surface area contributed by atoms with Gasteiger partial charge in [-0.25, -0.2) is 4.39 Å². The lowest BCUT2D eigenvalue weighted by atomic mass is 10.1. The molecule has 154 valence electrons. The molecular formula is C23H28FN3O2. The Balaban J connectivity index is 1.64. The standard InChI is InChI=1S/C23H28FN3O2/c1-3-27(20-13-11-19(24)12-14-20)23(29)17(2)25-22(28)16-26-15-7-6-9-18-8-4-5-10-21(18)26/h4-5,8,10-14,17H,3,6-7,9,15-16H2,1-2H3,(H,25,28)/t17-/m1/s1. The van der Waals surface area contributed by atoms with Gasteiger partial charge in [-0.2, -0.15) is 0 Å². The SMILES string of the molecule is CCN(C(=O)[C@@H](C)NC(=O)CN1CCCCc2ccccc21)c1ccc(F)cc1. The zero-order chi connectivity index (χ0) is 20.8. The van der Waals surface area contributed by atoms with E-state index in [1.165, 1.54) is 17.7 Å². The summed E-state index contributed by atoms with van der Waals surface area (Å²) in [5.41, 5.74) is 2.97. The van der Waals surface area contributed by atoms with Crippen molar-refractivity contribution in [2.75, 3.05) is 29.4 Å². The Morgan fingerprint density at radius 3 is 2.59 bits per heavy atom. The average Bonchev–Trinajstić information content (AvgIpc) is 2.92. The summed E-state index contributed by atoms with van der Waals surface area (Å²) >= 11 is 0. The molecular weight excluding hydrogens is 369 g/mol. The first kappa shape index (κ1) is 20.8. The Morgan fingerprint density at radius 2 is 1.86 bits per heavy atom. The number of likely N-dealkylation sites (N-methyl/N-ethyl adjacent to an activating group) is 1. The second kappa shape index (κ2) is 9.54. The Kier molecular flexibility index (Phi) is 6.86. The molecule has 0 saturated heterocycles. The van der Waals surface area contributed by atoms with Gasteiger partial charge in [-0.05, 0) is 69.0 Å². The largest absolute Gasteiger partial charge is 0.362 e. The zero-order valence-electron chi connectivity index (χ0n) is 17.0. The quantitative estimate of drug-likeness (QED) is 0.811. The average molecular weight is 397 g/mol. The highest BCUT2D eigenvalue weighted by Crippen LogP contribution is 2.25. The molecule has 2 aromatic rings. The first-order valence-corrected chi connectivity index (χ1v) is 10.2. The number of halogens is 1. The van der Waals surface area contributed by atoms with Crippen LogP contribution in [0.4, 0.5) is 15.8 Å². The van der Waals surface area contributed by atoms with Crippen molar-refractivity contribution >= 4 is 23.2 Å². The number of nitrogens with zero attached hydrogens (tertiary/aromatic N) is 2. The van der Waals surface area contributed by atoms with E-state index in [1.54, 1.807) is 24.0 Å². The molecule has 1 aliphatic rings. The van der Waals surface area contributed by atoms with Gasteiger partial charge in [-0.3, -0.25) is 9.59 Å². The summed E-state index contributed by atoms with van der Waals surface area (Å²) in [5.74, 6) is -0.752. The van der Waals surface area contributed by atoms with Gasteiger partial charge >= 0.3 is 0 Å². The van der Waals surface area contributed by atoms with Crippen LogP contribution in [0.3, 0.4) is 0 Å². The fourth-order valence-corrected chi connectivity index (χ4v) is 3.78. The van der Waals surface area contributed by atoms with Crippen LogP contribution in [0.5, 0.6) is 0 Å². The Labute approximate surface area is 171 Å². The smallest absolute Gasteiger partial charge is 0.249 e. The fourth-order valence-electron chi connectivity index (χ4n) is 3.78. The number of rotatable bonds is 6. The molecule has 0 bridgehead atoms. The number of para-hydroxylation sites is 1. The lowest BCUT2D eigenvalue weighted by molar-refractivity contribution is -0.126. The van der Waals surface area contributed by atoms with Crippen LogP contribution in [-0.4, -0.2) is 37.5 Å². The lowest BCUT2D eigenvalue weighted by Gasteiger charge is -2.27. The lowest BCUT2D eigenvalue weighted by Crippen LogP contribution is -2.49. The van der Waals surface area contributed by atoms with E-state index in [1.807, 2.05) is 19.1 Å². The number of amides is 2. The van der Waals surface area contributed by atoms with Crippen LogP contribution in [0, 0.1) is 5.82 Å². The predicted molar refractivity (Wildman–Crippen MR) is 114 cm³/mol. The molecule has 0 saturated carbocycles. The minimum atomic E-state index is -0.672. The summed E-state index contributed by atoms with van der Waals surface area (Å²) in [7, 11) is 0. The van der Waals surface area contributed by atoms with Crippen LogP contribution in [-0.2, 0) is 16.0 Å². The Hall–Kier alpha value is -2.89. The van der Waals surface area contributed by atoms with E-state index in [0.29, 0.717) is 12.2 Å². The van der Waals surface area contributed by atoms with Gasteiger partial charge in [0.2, 0.25) is 11.8 Å². The Bertz CT molecular complexity index is 853. The van der Waals surface area contributed by atoms with Crippen molar-refractivity contribution in [3.63, 3.8) is 0 Å². The highest BCUT2D eigenvalue weighted by Gasteiger charge is 2.24. The summed E-state index contributed by atoms with van der Waals surface area (Å²) in [5, 5.41) is 2.83. The van der Waals surface area contributed by atoms with Gasteiger partial charge in [0.1, 0.15) is 11.9 Å². The van der Waals surface area contributed by atoms with Crippen LogP contribution in [0.1, 0.15) is 32.3 Å². The molecule has 2 amide bonds. The van der Waals surface area contributed by atoms with Crippen LogP contribution in [0.15, 0.2) is 48.5 Å². The summed E-state index contributed by atoms with van der Waals surface area (Å²) in [4.78, 5) is 29.1. The molecule has 29 heavy (non-hydrogen) atoms. The molecule has 1 aliphatic heterocycles. The van der Waals surface area contributed by atoms with Crippen LogP contribution in [0.25, 0.3) is 0 Å². The molecule has 0 spiro atoms. The van der Waals surface area contributed by atoms with Crippen molar-refractivity contribution in [2.24, 2.45) is 0 Å². The fraction of sp³-hybridized carbons (Fsp3) is 0.391. The number of carbonyl (C=O) groups excluding carboxylic acids is 2. The van der Waals surface area contributed by atoms with E-state index in [-0.39, 0.29) is 24.2 Å². The number of hydrogen-bond acceptors (Lipinski definition) is 3. The van der Waals surface area contributed by atoms with Gasteiger partial charge in [-0.1, -0.05) is 18.2 Å². The van der Waals surface area contributed by atoms with Gasteiger partial charge in [0.05, 0.1) is 6.54 Å². The third kappa shape index (κ3) is 5.13. The summed E-state index contributed by atoms with van der Waals surface area (Å²) in [6.45, 7) is 5.01. The molecule has 0 fully saturated rings. The van der Waals surface area contributed by atoms with E-state index in [0.717, 1.165) is 31.5 Å². The maximum absolute atomic E-state index is 13.2. The van der Waals surface area contributed by atoms with Crippen molar-refractivity contribution in [3.05, 3.63) is 59.9 Å². The van der Waals surface area contributed by atoms with Crippen LogP contribution in [0.2, 0.25) is 0 Å². The molecule has 0 aromatic heterocycles. The number of hydrogen-bond donors (Lipinski definition) is 1. The van der Waals surface area contributed by atoms with E-state index in [4.69, 9.17) is 0 Å². The molecule has 3 rings (SSSR count). The van der Waals surface area contributed by atoms with Crippen molar-refractivity contribution in [1.29, 1.82) is 0 Å².